The van der Waals surface area contributed by atoms with Gasteiger partial charge in [0.05, 0.1) is 23.6 Å². The second-order valence-electron chi connectivity index (χ2n) is 6.68. The quantitative estimate of drug-likeness (QED) is 0.398. The van der Waals surface area contributed by atoms with Gasteiger partial charge in [-0.05, 0) is 41.3 Å². The van der Waals surface area contributed by atoms with E-state index in [1.54, 1.807) is 7.11 Å². The molecule has 0 fully saturated rings. The molecule has 0 amide bonds. The predicted octanol–water partition coefficient (Wildman–Crippen LogP) is 3.21. The molecule has 3 aromatic heterocycles. The summed E-state index contributed by atoms with van der Waals surface area (Å²) in [6.07, 6.45) is 3.55. The molecule has 0 aliphatic rings. The smallest absolute Gasteiger partial charge is 0.223 e. The number of halogens is 1. The maximum Gasteiger partial charge on any atom is 0.223 e. The third kappa shape index (κ3) is 2.98. The lowest BCUT2D eigenvalue weighted by Crippen LogP contribution is -2.34. The summed E-state index contributed by atoms with van der Waals surface area (Å²) in [7, 11) is 1.61. The molecular formula is C18H22BrN5O2. The molecule has 0 atom stereocenters. The normalized spacial score (nSPS) is 11.5. The van der Waals surface area contributed by atoms with Crippen molar-refractivity contribution in [1.29, 1.82) is 0 Å². The number of fused-ring (bicyclic) bond motifs is 1. The summed E-state index contributed by atoms with van der Waals surface area (Å²) in [5.41, 5.74) is 9.87. The molecule has 0 unspecified atom stereocenters. The predicted molar refractivity (Wildman–Crippen MR) is 104 cm³/mol. The van der Waals surface area contributed by atoms with Gasteiger partial charge in [0.1, 0.15) is 22.5 Å². The van der Waals surface area contributed by atoms with Crippen LogP contribution in [-0.4, -0.2) is 21.6 Å². The van der Waals surface area contributed by atoms with Gasteiger partial charge in [-0.2, -0.15) is 9.71 Å². The zero-order chi connectivity index (χ0) is 19.2. The van der Waals surface area contributed by atoms with Gasteiger partial charge in [0.15, 0.2) is 6.20 Å². The van der Waals surface area contributed by atoms with Gasteiger partial charge >= 0.3 is 0 Å². The largest absolute Gasteiger partial charge is 0.618 e. The fraction of sp³-hybridized carbons (Fsp3) is 0.389. The number of anilines is 1. The van der Waals surface area contributed by atoms with E-state index in [-0.39, 0.29) is 11.9 Å². The van der Waals surface area contributed by atoms with E-state index in [1.807, 2.05) is 24.6 Å². The van der Waals surface area contributed by atoms with E-state index in [0.717, 1.165) is 32.6 Å². The first kappa shape index (κ1) is 18.4. The first-order chi connectivity index (χ1) is 12.2. The van der Waals surface area contributed by atoms with E-state index in [4.69, 9.17) is 10.5 Å². The van der Waals surface area contributed by atoms with Crippen LogP contribution in [0.2, 0.25) is 0 Å². The van der Waals surface area contributed by atoms with Crippen molar-refractivity contribution in [3.63, 3.8) is 0 Å². The molecule has 3 heterocycles. The second-order valence-corrected chi connectivity index (χ2v) is 7.43. The van der Waals surface area contributed by atoms with Gasteiger partial charge in [-0.25, -0.2) is 4.98 Å². The van der Waals surface area contributed by atoms with Crippen LogP contribution in [0.4, 0.5) is 5.95 Å². The summed E-state index contributed by atoms with van der Waals surface area (Å²) in [6, 6.07) is 0. The molecule has 0 spiro atoms. The fourth-order valence-corrected chi connectivity index (χ4v) is 3.90. The van der Waals surface area contributed by atoms with Crippen molar-refractivity contribution < 1.29 is 9.47 Å². The summed E-state index contributed by atoms with van der Waals surface area (Å²) in [4.78, 5) is 8.63. The van der Waals surface area contributed by atoms with Crippen molar-refractivity contribution in [2.24, 2.45) is 0 Å². The Kier molecular flexibility index (Phi) is 4.79. The number of aryl methyl sites for hydroxylation is 1. The molecule has 0 saturated heterocycles. The SMILES string of the molecule is COc1c(C)c[n+]([O-])c(Cn2cc(C(C)C)c3c(Br)nc(N)nc32)c1C. The molecule has 7 nitrogen and oxygen atoms in total. The minimum Gasteiger partial charge on any atom is -0.618 e. The molecule has 0 aliphatic heterocycles. The first-order valence-corrected chi connectivity index (χ1v) is 9.11. The molecule has 2 N–H and O–H groups in total. The topological polar surface area (TPSA) is 92.9 Å². The van der Waals surface area contributed by atoms with Crippen LogP contribution in [0.3, 0.4) is 0 Å². The number of nitrogens with zero attached hydrogens (tertiary/aromatic N) is 4. The Hall–Kier alpha value is -2.35. The van der Waals surface area contributed by atoms with E-state index in [9.17, 15) is 5.21 Å². The Morgan fingerprint density at radius 3 is 2.65 bits per heavy atom. The number of ether oxygens (including phenoxy) is 1. The summed E-state index contributed by atoms with van der Waals surface area (Å²) >= 11 is 3.50. The van der Waals surface area contributed by atoms with Crippen molar-refractivity contribution >= 4 is 32.9 Å². The highest BCUT2D eigenvalue weighted by molar-refractivity contribution is 9.10. The molecule has 0 bridgehead atoms. The van der Waals surface area contributed by atoms with Gasteiger partial charge in [0, 0.05) is 6.20 Å². The number of nitrogens with two attached hydrogens (primary N) is 1. The van der Waals surface area contributed by atoms with Crippen LogP contribution in [0.5, 0.6) is 5.75 Å². The van der Waals surface area contributed by atoms with Gasteiger partial charge in [0.2, 0.25) is 11.6 Å². The maximum atomic E-state index is 12.5. The summed E-state index contributed by atoms with van der Waals surface area (Å²) in [5.74, 6) is 1.19. The lowest BCUT2D eigenvalue weighted by atomic mass is 10.1. The van der Waals surface area contributed by atoms with E-state index in [1.165, 1.54) is 6.20 Å². The number of aromatic nitrogens is 4. The third-order valence-corrected chi connectivity index (χ3v) is 5.15. The molecular weight excluding hydrogens is 398 g/mol. The van der Waals surface area contributed by atoms with Gasteiger partial charge < -0.3 is 20.2 Å². The van der Waals surface area contributed by atoms with Gasteiger partial charge in [-0.3, -0.25) is 0 Å². The van der Waals surface area contributed by atoms with Crippen LogP contribution >= 0.6 is 15.9 Å². The Morgan fingerprint density at radius 2 is 2.04 bits per heavy atom. The number of rotatable bonds is 4. The van der Waals surface area contributed by atoms with Gasteiger partial charge in [0.25, 0.3) is 0 Å². The number of nitrogen functional groups attached to an aromatic ring is 1. The Labute approximate surface area is 160 Å². The van der Waals surface area contributed by atoms with Crippen LogP contribution in [0.15, 0.2) is 17.0 Å². The van der Waals surface area contributed by atoms with Crippen LogP contribution in [0.1, 0.15) is 42.1 Å². The molecule has 0 saturated carbocycles. The number of methoxy groups -OCH3 is 1. The van der Waals surface area contributed by atoms with Crippen molar-refractivity contribution in [2.45, 2.75) is 40.2 Å². The molecule has 138 valence electrons. The molecule has 0 aliphatic carbocycles. The van der Waals surface area contributed by atoms with Crippen molar-refractivity contribution in [2.75, 3.05) is 12.8 Å². The molecule has 26 heavy (non-hydrogen) atoms. The molecule has 3 rings (SSSR count). The van der Waals surface area contributed by atoms with Gasteiger partial charge in [-0.15, -0.1) is 0 Å². The van der Waals surface area contributed by atoms with E-state index < -0.39 is 0 Å². The van der Waals surface area contributed by atoms with Crippen LogP contribution in [-0.2, 0) is 6.54 Å². The van der Waals surface area contributed by atoms with Crippen LogP contribution < -0.4 is 15.2 Å². The van der Waals surface area contributed by atoms with E-state index in [2.05, 4.69) is 39.7 Å². The van der Waals surface area contributed by atoms with Crippen molar-refractivity contribution in [3.05, 3.63) is 44.6 Å². The zero-order valence-corrected chi connectivity index (χ0v) is 17.1. The van der Waals surface area contributed by atoms with Crippen LogP contribution in [0.25, 0.3) is 11.0 Å². The Morgan fingerprint density at radius 1 is 1.35 bits per heavy atom. The van der Waals surface area contributed by atoms with E-state index in [0.29, 0.717) is 22.5 Å². The molecule has 0 radical (unpaired) electrons. The second kappa shape index (κ2) is 6.75. The average molecular weight is 420 g/mol. The van der Waals surface area contributed by atoms with E-state index >= 15 is 0 Å². The number of hydrogen-bond acceptors (Lipinski definition) is 5. The number of hydrogen-bond donors (Lipinski definition) is 1. The molecule has 3 aromatic rings. The summed E-state index contributed by atoms with van der Waals surface area (Å²) in [6.45, 7) is 8.32. The monoisotopic (exact) mass is 419 g/mol. The van der Waals surface area contributed by atoms with Crippen molar-refractivity contribution in [3.8, 4) is 5.75 Å². The molecule has 0 aromatic carbocycles. The molecule has 8 heteroatoms. The minimum atomic E-state index is 0.187. The standard InChI is InChI=1S/C18H22BrN5O2/c1-9(2)12-7-23(17-14(12)16(19)21-18(20)22-17)8-13-11(4)15(26-5)10(3)6-24(13)25/h6-7,9H,8H2,1-5H3,(H2,20,21,22). The van der Waals surface area contributed by atoms with Crippen LogP contribution in [0, 0.1) is 19.1 Å². The lowest BCUT2D eigenvalue weighted by molar-refractivity contribution is -0.615. The highest BCUT2D eigenvalue weighted by atomic mass is 79.9. The maximum absolute atomic E-state index is 12.5. The summed E-state index contributed by atoms with van der Waals surface area (Å²) < 4.78 is 8.97. The highest BCUT2D eigenvalue weighted by Gasteiger charge is 2.22. The van der Waals surface area contributed by atoms with Gasteiger partial charge in [-0.1, -0.05) is 13.8 Å². The third-order valence-electron chi connectivity index (χ3n) is 4.57. The fourth-order valence-electron chi connectivity index (χ4n) is 3.31. The average Bonchev–Trinajstić information content (AvgIpc) is 2.90. The Balaban J connectivity index is 2.22. The van der Waals surface area contributed by atoms with Crippen molar-refractivity contribution in [1.82, 2.24) is 14.5 Å². The summed E-state index contributed by atoms with van der Waals surface area (Å²) in [5, 5.41) is 13.4. The minimum absolute atomic E-state index is 0.187. The Bertz CT molecular complexity index is 997. The highest BCUT2D eigenvalue weighted by Crippen LogP contribution is 2.33. The lowest BCUT2D eigenvalue weighted by Gasteiger charge is -2.14. The first-order valence-electron chi connectivity index (χ1n) is 8.32. The zero-order valence-electron chi connectivity index (χ0n) is 15.5. The number of pyridine rings is 1.